The van der Waals surface area contributed by atoms with Gasteiger partial charge in [-0.2, -0.15) is 0 Å². The predicted octanol–water partition coefficient (Wildman–Crippen LogP) is 2.18. The molecule has 0 aliphatic heterocycles. The van der Waals surface area contributed by atoms with E-state index in [9.17, 15) is 14.9 Å². The number of amides is 1. The lowest BCUT2D eigenvalue weighted by Gasteiger charge is -2.03. The zero-order valence-corrected chi connectivity index (χ0v) is 10.3. The number of carbonyl (C=O) groups excluding carboxylic acids is 1. The molecule has 1 aromatic carbocycles. The number of para-hydroxylation sites is 1. The Kier molecular flexibility index (Phi) is 3.11. The standard InChI is InChI=1S/C10H10N4O3S/c1-2-11-9(15)13-6-4-3-5-7(14(16)17)8(6)12-10(13)18/h3-5H,2H2,1H3,(H,11,15)(H,12,18). The average molecular weight is 266 g/mol. The molecule has 94 valence electrons. The first-order chi connectivity index (χ1) is 8.56. The van der Waals surface area contributed by atoms with Gasteiger partial charge < -0.3 is 10.3 Å². The van der Waals surface area contributed by atoms with Crippen molar-refractivity contribution in [3.8, 4) is 0 Å². The summed E-state index contributed by atoms with van der Waals surface area (Å²) in [6.45, 7) is 2.22. The number of carbonyl (C=O) groups is 1. The van der Waals surface area contributed by atoms with Gasteiger partial charge in [-0.3, -0.25) is 10.1 Å². The zero-order chi connectivity index (χ0) is 13.3. The average Bonchev–Trinajstić information content (AvgIpc) is 2.64. The molecule has 1 heterocycles. The number of non-ortho nitro benzene ring substituents is 1. The summed E-state index contributed by atoms with van der Waals surface area (Å²) in [6.07, 6.45) is 0. The molecule has 1 amide bonds. The summed E-state index contributed by atoms with van der Waals surface area (Å²) >= 11 is 5.01. The highest BCUT2D eigenvalue weighted by atomic mass is 32.1. The highest BCUT2D eigenvalue weighted by Gasteiger charge is 2.18. The molecule has 1 aromatic heterocycles. The molecule has 0 saturated heterocycles. The lowest BCUT2D eigenvalue weighted by atomic mass is 10.3. The predicted molar refractivity (Wildman–Crippen MR) is 68.2 cm³/mol. The number of aromatic nitrogens is 2. The van der Waals surface area contributed by atoms with Crippen LogP contribution in [0.3, 0.4) is 0 Å². The summed E-state index contributed by atoms with van der Waals surface area (Å²) in [5, 5.41) is 13.5. The summed E-state index contributed by atoms with van der Waals surface area (Å²) in [7, 11) is 0. The van der Waals surface area contributed by atoms with Gasteiger partial charge >= 0.3 is 6.03 Å². The lowest BCUT2D eigenvalue weighted by Crippen LogP contribution is -2.28. The van der Waals surface area contributed by atoms with Gasteiger partial charge in [0, 0.05) is 12.6 Å². The zero-order valence-electron chi connectivity index (χ0n) is 9.47. The Labute approximate surface area is 107 Å². The summed E-state index contributed by atoms with van der Waals surface area (Å²) in [5.74, 6) is 0. The Balaban J connectivity index is 2.73. The molecule has 0 saturated carbocycles. The van der Waals surface area contributed by atoms with Crippen LogP contribution in [0.1, 0.15) is 6.92 Å². The molecular weight excluding hydrogens is 256 g/mol. The van der Waals surface area contributed by atoms with E-state index < -0.39 is 11.0 Å². The third-order valence-electron chi connectivity index (χ3n) is 2.42. The topological polar surface area (TPSA) is 93.0 Å². The maximum Gasteiger partial charge on any atom is 0.328 e. The summed E-state index contributed by atoms with van der Waals surface area (Å²) in [6, 6.07) is 4.06. The number of H-pyrrole nitrogens is 1. The molecule has 0 atom stereocenters. The van der Waals surface area contributed by atoms with Crippen LogP contribution < -0.4 is 5.32 Å². The van der Waals surface area contributed by atoms with Crippen LogP contribution in [0.5, 0.6) is 0 Å². The number of nitro groups is 1. The SMILES string of the molecule is CCNC(=O)n1c(=S)[nH]c2c([N+](=O)[O-])cccc21. The molecule has 8 heteroatoms. The van der Waals surface area contributed by atoms with Gasteiger partial charge in [0.25, 0.3) is 5.69 Å². The van der Waals surface area contributed by atoms with Crippen LogP contribution in [0.25, 0.3) is 11.0 Å². The van der Waals surface area contributed by atoms with Crippen LogP contribution in [0.15, 0.2) is 18.2 Å². The van der Waals surface area contributed by atoms with Crippen LogP contribution in [0.2, 0.25) is 0 Å². The van der Waals surface area contributed by atoms with Crippen molar-refractivity contribution in [2.75, 3.05) is 6.54 Å². The first kappa shape index (κ1) is 12.2. The van der Waals surface area contributed by atoms with Crippen molar-refractivity contribution in [2.24, 2.45) is 0 Å². The Hall–Kier alpha value is -2.22. The van der Waals surface area contributed by atoms with Gasteiger partial charge in [0.05, 0.1) is 10.4 Å². The fourth-order valence-corrected chi connectivity index (χ4v) is 1.98. The van der Waals surface area contributed by atoms with E-state index in [1.165, 1.54) is 16.7 Å². The van der Waals surface area contributed by atoms with Crippen LogP contribution in [-0.4, -0.2) is 27.1 Å². The van der Waals surface area contributed by atoms with Gasteiger partial charge in [-0.05, 0) is 25.2 Å². The fraction of sp³-hybridized carbons (Fsp3) is 0.200. The molecule has 0 spiro atoms. The Morgan fingerprint density at radius 2 is 2.33 bits per heavy atom. The van der Waals surface area contributed by atoms with Gasteiger partial charge in [0.1, 0.15) is 5.52 Å². The highest BCUT2D eigenvalue weighted by molar-refractivity contribution is 7.71. The van der Waals surface area contributed by atoms with Crippen molar-refractivity contribution in [3.63, 3.8) is 0 Å². The monoisotopic (exact) mass is 266 g/mol. The quantitative estimate of drug-likeness (QED) is 0.495. The Bertz CT molecular complexity index is 688. The second-order valence-electron chi connectivity index (χ2n) is 3.53. The van der Waals surface area contributed by atoms with Gasteiger partial charge in [0.15, 0.2) is 4.77 Å². The molecule has 2 N–H and O–H groups in total. The van der Waals surface area contributed by atoms with Gasteiger partial charge in [0.2, 0.25) is 0 Å². The molecule has 0 radical (unpaired) electrons. The third-order valence-corrected chi connectivity index (χ3v) is 2.71. The first-order valence-corrected chi connectivity index (χ1v) is 5.63. The summed E-state index contributed by atoms with van der Waals surface area (Å²) < 4.78 is 1.34. The number of imidazole rings is 1. The van der Waals surface area contributed by atoms with E-state index in [0.717, 1.165) is 0 Å². The minimum absolute atomic E-state index is 0.110. The first-order valence-electron chi connectivity index (χ1n) is 5.22. The molecule has 7 nitrogen and oxygen atoms in total. The maximum absolute atomic E-state index is 11.8. The van der Waals surface area contributed by atoms with Crippen LogP contribution in [0.4, 0.5) is 10.5 Å². The number of hydrogen-bond donors (Lipinski definition) is 2. The molecule has 2 rings (SSSR count). The number of aromatic amines is 1. The normalized spacial score (nSPS) is 10.5. The van der Waals surface area contributed by atoms with Crippen LogP contribution in [0, 0.1) is 14.9 Å². The van der Waals surface area contributed by atoms with Gasteiger partial charge in [-0.15, -0.1) is 0 Å². The molecule has 0 fully saturated rings. The fourth-order valence-electron chi connectivity index (χ4n) is 1.70. The number of rotatable bonds is 2. The maximum atomic E-state index is 11.8. The lowest BCUT2D eigenvalue weighted by molar-refractivity contribution is -0.383. The van der Waals surface area contributed by atoms with Crippen molar-refractivity contribution in [1.82, 2.24) is 14.9 Å². The molecule has 0 unspecified atom stereocenters. The number of fused-ring (bicyclic) bond motifs is 1. The van der Waals surface area contributed by atoms with E-state index in [1.807, 2.05) is 0 Å². The number of benzene rings is 1. The number of nitrogens with one attached hydrogen (secondary N) is 2. The van der Waals surface area contributed by atoms with E-state index in [1.54, 1.807) is 13.0 Å². The van der Waals surface area contributed by atoms with Crippen LogP contribution in [-0.2, 0) is 0 Å². The second kappa shape index (κ2) is 4.57. The molecular formula is C10H10N4O3S. The van der Waals surface area contributed by atoms with E-state index in [0.29, 0.717) is 12.1 Å². The van der Waals surface area contributed by atoms with Gasteiger partial charge in [-0.25, -0.2) is 9.36 Å². The number of nitrogens with zero attached hydrogens (tertiary/aromatic N) is 2. The molecule has 0 aliphatic rings. The Morgan fingerprint density at radius 3 is 2.94 bits per heavy atom. The molecule has 0 aliphatic carbocycles. The smallest absolute Gasteiger partial charge is 0.328 e. The number of nitro benzene ring substituents is 1. The minimum atomic E-state index is -0.518. The third kappa shape index (κ3) is 1.86. The summed E-state index contributed by atoms with van der Waals surface area (Å²) in [5.41, 5.74) is 0.528. The highest BCUT2D eigenvalue weighted by Crippen LogP contribution is 2.24. The van der Waals surface area contributed by atoms with Crippen molar-refractivity contribution in [2.45, 2.75) is 6.92 Å². The Morgan fingerprint density at radius 1 is 1.61 bits per heavy atom. The molecule has 2 aromatic rings. The van der Waals surface area contributed by atoms with Crippen molar-refractivity contribution in [1.29, 1.82) is 0 Å². The molecule has 0 bridgehead atoms. The largest absolute Gasteiger partial charge is 0.338 e. The molecule has 18 heavy (non-hydrogen) atoms. The van der Waals surface area contributed by atoms with Crippen molar-refractivity contribution >= 4 is 35.0 Å². The summed E-state index contributed by atoms with van der Waals surface area (Å²) in [4.78, 5) is 24.9. The minimum Gasteiger partial charge on any atom is -0.338 e. The van der Waals surface area contributed by atoms with Crippen LogP contribution >= 0.6 is 12.2 Å². The number of hydrogen-bond acceptors (Lipinski definition) is 4. The van der Waals surface area contributed by atoms with Crippen molar-refractivity contribution < 1.29 is 9.72 Å². The van der Waals surface area contributed by atoms with E-state index in [4.69, 9.17) is 12.2 Å². The van der Waals surface area contributed by atoms with E-state index in [2.05, 4.69) is 10.3 Å². The van der Waals surface area contributed by atoms with E-state index >= 15 is 0 Å². The van der Waals surface area contributed by atoms with Crippen molar-refractivity contribution in [3.05, 3.63) is 33.1 Å². The van der Waals surface area contributed by atoms with E-state index in [-0.39, 0.29) is 16.0 Å². The van der Waals surface area contributed by atoms with Gasteiger partial charge in [-0.1, -0.05) is 6.07 Å². The second-order valence-corrected chi connectivity index (χ2v) is 3.92.